The van der Waals surface area contributed by atoms with Crippen LogP contribution in [0.4, 0.5) is 4.79 Å². The minimum Gasteiger partial charge on any atom is -0.465 e. The molecule has 1 saturated carbocycles. The van der Waals surface area contributed by atoms with E-state index in [9.17, 15) is 4.79 Å². The highest BCUT2D eigenvalue weighted by molar-refractivity contribution is 5.65. The molecular formula is C16H30N4O7. The van der Waals surface area contributed by atoms with Crippen LogP contribution in [0.25, 0.3) is 10.4 Å². The molecule has 156 valence electrons. The van der Waals surface area contributed by atoms with Crippen molar-refractivity contribution in [3.05, 3.63) is 10.4 Å². The van der Waals surface area contributed by atoms with Crippen molar-refractivity contribution in [3.8, 4) is 0 Å². The molecule has 0 heterocycles. The maximum Gasteiger partial charge on any atom is 0.404 e. The normalized spacial score (nSPS) is 18.5. The van der Waals surface area contributed by atoms with E-state index in [-0.39, 0.29) is 6.04 Å². The van der Waals surface area contributed by atoms with Gasteiger partial charge in [0.15, 0.2) is 0 Å². The zero-order valence-corrected chi connectivity index (χ0v) is 15.6. The zero-order chi connectivity index (χ0) is 19.6. The third kappa shape index (κ3) is 14.1. The van der Waals surface area contributed by atoms with Crippen LogP contribution in [-0.4, -0.2) is 89.9 Å². The molecule has 11 heteroatoms. The first kappa shape index (κ1) is 23.4. The third-order valence-electron chi connectivity index (χ3n) is 3.80. The molecule has 0 radical (unpaired) electrons. The van der Waals surface area contributed by atoms with Gasteiger partial charge in [-0.05, 0) is 24.3 Å². The Bertz CT molecular complexity index is 429. The predicted molar refractivity (Wildman–Crippen MR) is 95.8 cm³/mol. The number of nitrogens with one attached hydrogen (secondary N) is 1. The second-order valence-electron chi connectivity index (χ2n) is 5.96. The van der Waals surface area contributed by atoms with Crippen LogP contribution in [-0.2, 0) is 23.7 Å². The van der Waals surface area contributed by atoms with Crippen molar-refractivity contribution in [1.82, 2.24) is 5.32 Å². The maximum atomic E-state index is 10.4. The van der Waals surface area contributed by atoms with E-state index in [1.807, 2.05) is 0 Å². The Morgan fingerprint density at radius 2 is 1.41 bits per heavy atom. The van der Waals surface area contributed by atoms with E-state index >= 15 is 0 Å². The summed E-state index contributed by atoms with van der Waals surface area (Å²) < 4.78 is 26.8. The van der Waals surface area contributed by atoms with E-state index in [0.717, 1.165) is 12.8 Å². The highest BCUT2D eigenvalue weighted by Gasteiger charge is 2.30. The molecule has 0 bridgehead atoms. The lowest BCUT2D eigenvalue weighted by Gasteiger charge is -2.34. The van der Waals surface area contributed by atoms with Crippen molar-refractivity contribution in [2.45, 2.75) is 18.9 Å². The van der Waals surface area contributed by atoms with Crippen molar-refractivity contribution in [2.24, 2.45) is 11.0 Å². The Morgan fingerprint density at radius 3 is 1.89 bits per heavy atom. The molecular weight excluding hydrogens is 360 g/mol. The summed E-state index contributed by atoms with van der Waals surface area (Å²) in [5.74, 6) is 0.432. The number of rotatable bonds is 18. The van der Waals surface area contributed by atoms with Crippen LogP contribution in [0.1, 0.15) is 12.8 Å². The number of carbonyl (C=O) groups is 1. The Labute approximate surface area is 158 Å². The lowest BCUT2D eigenvalue weighted by molar-refractivity contribution is -0.0176. The summed E-state index contributed by atoms with van der Waals surface area (Å²) in [7, 11) is 0. The van der Waals surface area contributed by atoms with Crippen LogP contribution in [0.5, 0.6) is 0 Å². The Kier molecular flexibility index (Phi) is 14.4. The summed E-state index contributed by atoms with van der Waals surface area (Å²) >= 11 is 0. The van der Waals surface area contributed by atoms with Crippen molar-refractivity contribution in [1.29, 1.82) is 0 Å². The van der Waals surface area contributed by atoms with E-state index < -0.39 is 6.09 Å². The summed E-state index contributed by atoms with van der Waals surface area (Å²) in [5.41, 5.74) is 8.07. The van der Waals surface area contributed by atoms with E-state index in [1.54, 1.807) is 0 Å². The van der Waals surface area contributed by atoms with Gasteiger partial charge in [-0.25, -0.2) is 4.79 Å². The lowest BCUT2D eigenvalue weighted by atomic mass is 9.81. The number of hydrogen-bond acceptors (Lipinski definition) is 7. The smallest absolute Gasteiger partial charge is 0.404 e. The number of hydrogen-bond donors (Lipinski definition) is 2. The Morgan fingerprint density at radius 1 is 0.926 bits per heavy atom. The molecule has 1 aliphatic carbocycles. The maximum absolute atomic E-state index is 10.4. The van der Waals surface area contributed by atoms with E-state index in [4.69, 9.17) is 34.3 Å². The standard InChI is InChI=1S/C16H30N4O7/c17-20-18-1-2-23-3-4-24-5-6-25-7-8-26-9-10-27-13-14-11-15(12-14)19-16(21)22/h14-15,19H,1-13H2,(H,21,22). The Hall–Kier alpha value is -1.62. The fraction of sp³-hybridized carbons (Fsp3) is 0.938. The average Bonchev–Trinajstić information content (AvgIpc) is 2.61. The van der Waals surface area contributed by atoms with Crippen LogP contribution >= 0.6 is 0 Å². The molecule has 11 nitrogen and oxygen atoms in total. The fourth-order valence-electron chi connectivity index (χ4n) is 2.44. The van der Waals surface area contributed by atoms with Gasteiger partial charge in [0, 0.05) is 24.1 Å². The number of nitrogens with zero attached hydrogens (tertiary/aromatic N) is 3. The first-order valence-electron chi connectivity index (χ1n) is 9.11. The van der Waals surface area contributed by atoms with Crippen molar-refractivity contribution in [2.75, 3.05) is 72.6 Å². The topological polar surface area (TPSA) is 144 Å². The number of ether oxygens (including phenoxy) is 5. The summed E-state index contributed by atoms with van der Waals surface area (Å²) in [5, 5.41) is 14.4. The van der Waals surface area contributed by atoms with Crippen LogP contribution in [0.2, 0.25) is 0 Å². The number of azide groups is 1. The van der Waals surface area contributed by atoms with Gasteiger partial charge in [-0.15, -0.1) is 0 Å². The van der Waals surface area contributed by atoms with Crippen LogP contribution < -0.4 is 5.32 Å². The molecule has 27 heavy (non-hydrogen) atoms. The molecule has 0 spiro atoms. The summed E-state index contributed by atoms with van der Waals surface area (Å²) in [6.07, 6.45) is 0.713. The van der Waals surface area contributed by atoms with E-state index in [2.05, 4.69) is 15.3 Å². The van der Waals surface area contributed by atoms with Crippen molar-refractivity contribution in [3.63, 3.8) is 0 Å². The largest absolute Gasteiger partial charge is 0.465 e. The first-order chi connectivity index (χ1) is 13.2. The molecule has 0 aromatic heterocycles. The molecule has 1 amide bonds. The van der Waals surface area contributed by atoms with Gasteiger partial charge in [-0.3, -0.25) is 0 Å². The van der Waals surface area contributed by atoms with Gasteiger partial charge in [0.25, 0.3) is 0 Å². The van der Waals surface area contributed by atoms with Crippen LogP contribution in [0.3, 0.4) is 0 Å². The zero-order valence-electron chi connectivity index (χ0n) is 15.6. The molecule has 0 atom stereocenters. The molecule has 2 N–H and O–H groups in total. The van der Waals surface area contributed by atoms with Crippen LogP contribution in [0.15, 0.2) is 5.11 Å². The van der Waals surface area contributed by atoms with Gasteiger partial charge < -0.3 is 34.1 Å². The highest BCUT2D eigenvalue weighted by atomic mass is 16.6. The summed E-state index contributed by atoms with van der Waals surface area (Å²) in [6, 6.07) is 0.0742. The number of amides is 1. The van der Waals surface area contributed by atoms with Gasteiger partial charge in [-0.2, -0.15) is 0 Å². The van der Waals surface area contributed by atoms with Gasteiger partial charge in [0.05, 0.1) is 59.5 Å². The van der Waals surface area contributed by atoms with Gasteiger partial charge in [-0.1, -0.05) is 5.11 Å². The molecule has 0 saturated heterocycles. The third-order valence-corrected chi connectivity index (χ3v) is 3.80. The lowest BCUT2D eigenvalue weighted by Crippen LogP contribution is -2.45. The van der Waals surface area contributed by atoms with Gasteiger partial charge in [0.2, 0.25) is 0 Å². The molecule has 0 unspecified atom stereocenters. The van der Waals surface area contributed by atoms with Crippen molar-refractivity contribution >= 4 is 6.09 Å². The van der Waals surface area contributed by atoms with E-state index in [0.29, 0.717) is 78.5 Å². The predicted octanol–water partition coefficient (Wildman–Crippen LogP) is 1.43. The van der Waals surface area contributed by atoms with Crippen molar-refractivity contribution < 1.29 is 33.6 Å². The minimum absolute atomic E-state index is 0.0742. The minimum atomic E-state index is -0.963. The quantitative estimate of drug-likeness (QED) is 0.156. The Balaban J connectivity index is 1.68. The monoisotopic (exact) mass is 390 g/mol. The first-order valence-corrected chi connectivity index (χ1v) is 9.11. The van der Waals surface area contributed by atoms with Gasteiger partial charge in [0.1, 0.15) is 0 Å². The molecule has 0 aromatic carbocycles. The van der Waals surface area contributed by atoms with Crippen LogP contribution in [0, 0.1) is 5.92 Å². The number of carboxylic acid groups (broad SMARTS) is 1. The average molecular weight is 390 g/mol. The molecule has 1 aliphatic rings. The second-order valence-corrected chi connectivity index (χ2v) is 5.96. The SMILES string of the molecule is [N-]=[N+]=NCCOCCOCCOCCOCCOCC1CC(NC(=O)O)C1. The highest BCUT2D eigenvalue weighted by Crippen LogP contribution is 2.27. The molecule has 1 fully saturated rings. The molecule has 0 aliphatic heterocycles. The summed E-state index contributed by atoms with van der Waals surface area (Å²) in [4.78, 5) is 13.1. The molecule has 1 rings (SSSR count). The van der Waals surface area contributed by atoms with Gasteiger partial charge >= 0.3 is 6.09 Å². The second kappa shape index (κ2) is 16.5. The fourth-order valence-corrected chi connectivity index (χ4v) is 2.44. The molecule has 0 aromatic rings. The van der Waals surface area contributed by atoms with E-state index in [1.165, 1.54) is 0 Å². The summed E-state index contributed by atoms with van der Waals surface area (Å²) in [6.45, 7) is 5.31.